The van der Waals surface area contributed by atoms with Gasteiger partial charge in [-0.3, -0.25) is 4.98 Å². The fraction of sp³-hybridized carbons (Fsp3) is 0. The Morgan fingerprint density at radius 3 is 3.20 bits per heavy atom. The van der Waals surface area contributed by atoms with E-state index < -0.39 is 0 Å². The van der Waals surface area contributed by atoms with Crippen LogP contribution in [0.2, 0.25) is 0 Å². The van der Waals surface area contributed by atoms with E-state index >= 15 is 0 Å². The molecule has 0 saturated heterocycles. The number of pyridine rings is 1. The van der Waals surface area contributed by atoms with Gasteiger partial charge in [-0.2, -0.15) is 0 Å². The normalized spacial score (nSPS) is 10.4. The van der Waals surface area contributed by atoms with Crippen LogP contribution in [0, 0.1) is 5.21 Å². The van der Waals surface area contributed by atoms with Crippen LogP contribution in [0.15, 0.2) is 24.8 Å². The lowest BCUT2D eigenvalue weighted by Crippen LogP contribution is -1.80. The number of aromatic nitrogens is 3. The zero-order valence-electron chi connectivity index (χ0n) is 5.06. The highest BCUT2D eigenvalue weighted by atomic mass is 16.5. The van der Waals surface area contributed by atoms with Crippen LogP contribution in [0.25, 0.3) is 11.0 Å². The summed E-state index contributed by atoms with van der Waals surface area (Å²) in [6.07, 6.45) is 4.36. The highest BCUT2D eigenvalue weighted by Crippen LogP contribution is 2.07. The molecule has 4 heteroatoms. The maximum Gasteiger partial charge on any atom is 0.106 e. The Bertz CT molecular complexity index is 355. The molecule has 0 N–H and O–H groups in total. The number of rotatable bonds is 0. The van der Waals surface area contributed by atoms with Crippen molar-refractivity contribution < 1.29 is 0 Å². The van der Waals surface area contributed by atoms with Crippen molar-refractivity contribution in [1.82, 2.24) is 14.7 Å². The molecule has 50 valence electrons. The molecule has 0 aromatic carbocycles. The molecule has 0 atom stereocenters. The highest BCUT2D eigenvalue weighted by Gasteiger charge is 1.92. The number of nitrogens with zero attached hydrogens (tertiary/aromatic N) is 3. The minimum absolute atomic E-state index is 0.565. The van der Waals surface area contributed by atoms with E-state index in [4.69, 9.17) is 0 Å². The van der Waals surface area contributed by atoms with Crippen LogP contribution in [0.1, 0.15) is 0 Å². The molecule has 0 saturated carbocycles. The summed E-state index contributed by atoms with van der Waals surface area (Å²) in [4.78, 5) is 7.62. The molecular formula is C6H4N3O-. The first-order valence-corrected chi connectivity index (χ1v) is 2.82. The Morgan fingerprint density at radius 1 is 1.50 bits per heavy atom. The van der Waals surface area contributed by atoms with Crippen LogP contribution in [0.3, 0.4) is 0 Å². The summed E-state index contributed by atoms with van der Waals surface area (Å²) in [6.45, 7) is 0. The number of hydrogen-bond acceptors (Lipinski definition) is 3. The van der Waals surface area contributed by atoms with Gasteiger partial charge in [0.15, 0.2) is 0 Å². The smallest absolute Gasteiger partial charge is 0.106 e. The fourth-order valence-electron chi connectivity index (χ4n) is 0.841. The van der Waals surface area contributed by atoms with Crippen molar-refractivity contribution in [2.24, 2.45) is 0 Å². The molecule has 2 aromatic heterocycles. The molecule has 0 fully saturated rings. The van der Waals surface area contributed by atoms with Crippen molar-refractivity contribution in [2.75, 3.05) is 0 Å². The van der Waals surface area contributed by atoms with Crippen molar-refractivity contribution >= 4 is 11.0 Å². The monoisotopic (exact) mass is 134 g/mol. The Morgan fingerprint density at radius 2 is 2.40 bits per heavy atom. The zero-order valence-corrected chi connectivity index (χ0v) is 5.06. The summed E-state index contributed by atoms with van der Waals surface area (Å²) in [5.74, 6) is 0. The summed E-state index contributed by atoms with van der Waals surface area (Å²) in [6, 6.07) is 1.63. The molecule has 0 spiro atoms. The van der Waals surface area contributed by atoms with E-state index in [0.29, 0.717) is 11.0 Å². The van der Waals surface area contributed by atoms with Crippen molar-refractivity contribution in [1.29, 1.82) is 0 Å². The van der Waals surface area contributed by atoms with Crippen LogP contribution in [0.5, 0.6) is 0 Å². The second-order valence-electron chi connectivity index (χ2n) is 1.93. The first-order valence-electron chi connectivity index (χ1n) is 2.82. The molecule has 0 aliphatic heterocycles. The van der Waals surface area contributed by atoms with Crippen LogP contribution < -0.4 is 0 Å². The Balaban J connectivity index is 2.93. The van der Waals surface area contributed by atoms with Gasteiger partial charge in [0.25, 0.3) is 0 Å². The van der Waals surface area contributed by atoms with Gasteiger partial charge in [0.1, 0.15) is 5.52 Å². The van der Waals surface area contributed by atoms with Gasteiger partial charge in [0, 0.05) is 6.20 Å². The van der Waals surface area contributed by atoms with E-state index in [2.05, 4.69) is 9.97 Å². The minimum Gasteiger partial charge on any atom is -0.805 e. The highest BCUT2D eigenvalue weighted by molar-refractivity contribution is 5.73. The molecule has 0 bridgehead atoms. The lowest BCUT2D eigenvalue weighted by Gasteiger charge is -2.03. The van der Waals surface area contributed by atoms with Gasteiger partial charge in [-0.15, -0.1) is 0 Å². The summed E-state index contributed by atoms with van der Waals surface area (Å²) in [7, 11) is 0. The third-order valence-electron chi connectivity index (χ3n) is 1.32. The standard InChI is InChI=1S/C6H4N3O/c10-9-4-8-5-3-7-2-1-6(5)9/h1-4H/q-1. The second kappa shape index (κ2) is 1.70. The summed E-state index contributed by atoms with van der Waals surface area (Å²) in [5, 5.41) is 10.8. The van der Waals surface area contributed by atoms with Gasteiger partial charge in [-0.05, 0) is 6.07 Å². The predicted octanol–water partition coefficient (Wildman–Crippen LogP) is 0.777. The summed E-state index contributed by atoms with van der Waals surface area (Å²) >= 11 is 0. The van der Waals surface area contributed by atoms with Gasteiger partial charge in [-0.25, -0.2) is 4.98 Å². The lowest BCUT2D eigenvalue weighted by atomic mass is 10.4. The van der Waals surface area contributed by atoms with E-state index in [9.17, 15) is 5.21 Å². The van der Waals surface area contributed by atoms with Gasteiger partial charge in [0.2, 0.25) is 0 Å². The Hall–Kier alpha value is -1.58. The first kappa shape index (κ1) is 5.22. The van der Waals surface area contributed by atoms with E-state index in [-0.39, 0.29) is 0 Å². The first-order chi connectivity index (χ1) is 4.88. The molecule has 0 aliphatic rings. The molecular weight excluding hydrogens is 130 g/mol. The predicted molar refractivity (Wildman–Crippen MR) is 36.3 cm³/mol. The molecule has 0 amide bonds. The maximum absolute atomic E-state index is 10.8. The largest absolute Gasteiger partial charge is 0.805 e. The van der Waals surface area contributed by atoms with Gasteiger partial charge in [0.05, 0.1) is 18.0 Å². The molecule has 4 nitrogen and oxygen atoms in total. The molecule has 2 rings (SSSR count). The Kier molecular flexibility index (Phi) is 0.887. The van der Waals surface area contributed by atoms with E-state index in [1.807, 2.05) is 0 Å². The minimum atomic E-state index is 0.565. The maximum atomic E-state index is 10.8. The molecule has 2 aromatic rings. The van der Waals surface area contributed by atoms with E-state index in [1.54, 1.807) is 18.5 Å². The molecule has 0 aliphatic carbocycles. The number of imidazole rings is 1. The van der Waals surface area contributed by atoms with Crippen LogP contribution in [-0.4, -0.2) is 14.7 Å². The summed E-state index contributed by atoms with van der Waals surface area (Å²) < 4.78 is 0.719. The summed E-state index contributed by atoms with van der Waals surface area (Å²) in [5.41, 5.74) is 1.20. The topological polar surface area (TPSA) is 53.8 Å². The fourth-order valence-corrected chi connectivity index (χ4v) is 0.841. The van der Waals surface area contributed by atoms with Crippen molar-refractivity contribution in [3.8, 4) is 0 Å². The average molecular weight is 134 g/mol. The van der Waals surface area contributed by atoms with E-state index in [1.165, 1.54) is 6.33 Å². The second-order valence-corrected chi connectivity index (χ2v) is 1.93. The van der Waals surface area contributed by atoms with Gasteiger partial charge in [-0.1, -0.05) is 0 Å². The van der Waals surface area contributed by atoms with Crippen molar-refractivity contribution in [2.45, 2.75) is 0 Å². The van der Waals surface area contributed by atoms with Gasteiger partial charge >= 0.3 is 0 Å². The Labute approximate surface area is 56.7 Å². The quantitative estimate of drug-likeness (QED) is 0.534. The third kappa shape index (κ3) is 0.556. The molecule has 0 radical (unpaired) electrons. The van der Waals surface area contributed by atoms with Crippen LogP contribution >= 0.6 is 0 Å². The van der Waals surface area contributed by atoms with Gasteiger partial charge < -0.3 is 9.94 Å². The lowest BCUT2D eigenvalue weighted by molar-refractivity contribution is 1.11. The molecule has 10 heavy (non-hydrogen) atoms. The zero-order chi connectivity index (χ0) is 6.97. The SMILES string of the molecule is [O-]n1cnc2cnccc21. The van der Waals surface area contributed by atoms with Crippen LogP contribution in [0.4, 0.5) is 0 Å². The van der Waals surface area contributed by atoms with Crippen LogP contribution in [-0.2, 0) is 0 Å². The third-order valence-corrected chi connectivity index (χ3v) is 1.32. The molecule has 2 heterocycles. The number of fused-ring (bicyclic) bond motifs is 1. The number of hydrogen-bond donors (Lipinski definition) is 0. The van der Waals surface area contributed by atoms with E-state index in [0.717, 1.165) is 4.73 Å². The van der Waals surface area contributed by atoms with Crippen molar-refractivity contribution in [3.05, 3.63) is 30.0 Å². The molecule has 0 unspecified atom stereocenters. The van der Waals surface area contributed by atoms with Crippen molar-refractivity contribution in [3.63, 3.8) is 0 Å². The average Bonchev–Trinajstić information content (AvgIpc) is 2.34.